The summed E-state index contributed by atoms with van der Waals surface area (Å²) in [7, 11) is 0. The second kappa shape index (κ2) is 8.61. The first-order valence-electron chi connectivity index (χ1n) is 8.09. The van der Waals surface area contributed by atoms with Crippen molar-refractivity contribution < 1.29 is 2.85 Å². The molecule has 0 aromatic rings. The Labute approximate surface area is 124 Å². The van der Waals surface area contributed by atoms with Crippen molar-refractivity contribution in [3.8, 4) is 0 Å². The highest BCUT2D eigenvalue weighted by Gasteiger charge is 2.29. The summed E-state index contributed by atoms with van der Waals surface area (Å²) in [6.07, 6.45) is 21.1. The molecule has 0 aromatic carbocycles. The number of hydrogen-bond acceptors (Lipinski definition) is 0. The van der Waals surface area contributed by atoms with Gasteiger partial charge in [0, 0.05) is 2.85 Å². The second-order valence-electron chi connectivity index (χ2n) is 6.40. The molecule has 0 N–H and O–H groups in total. The lowest BCUT2D eigenvalue weighted by atomic mass is 9.69. The van der Waals surface area contributed by atoms with Gasteiger partial charge >= 0.3 is 0 Å². The Balaban J connectivity index is 0. The molecule has 0 amide bonds. The first-order chi connectivity index (χ1) is 8.83. The van der Waals surface area contributed by atoms with E-state index < -0.39 is 0 Å². The van der Waals surface area contributed by atoms with Crippen LogP contribution in [0.4, 0.5) is 0 Å². The highest BCUT2D eigenvalue weighted by Crippen LogP contribution is 2.41. The third kappa shape index (κ3) is 4.82. The molecule has 2 fully saturated rings. The minimum atomic E-state index is 0. The van der Waals surface area contributed by atoms with Crippen LogP contribution in [0.3, 0.4) is 0 Å². The Kier molecular flexibility index (Phi) is 7.49. The standard InChI is InChI=1S/C18H30.CH4.2H2/c1-3-5-15-7-11-17(12-8-15)18-13-9-16(6-4-2)10-14-18;;;/h3-6,15-18H,7-14H2,1-2H3;1H4;2*1H/b5-3+,6-4+;;;. The highest BCUT2D eigenvalue weighted by molar-refractivity contribution is 4.93. The zero-order valence-corrected chi connectivity index (χ0v) is 12.3. The fraction of sp³-hybridized carbons (Fsp3) is 0.789. The smallest absolute Gasteiger partial charge is 0 e. The van der Waals surface area contributed by atoms with E-state index in [2.05, 4.69) is 38.2 Å². The predicted octanol–water partition coefficient (Wildman–Crippen LogP) is 6.88. The van der Waals surface area contributed by atoms with Crippen LogP contribution >= 0.6 is 0 Å². The van der Waals surface area contributed by atoms with Crippen LogP contribution in [0.5, 0.6) is 0 Å². The van der Waals surface area contributed by atoms with Crippen molar-refractivity contribution in [3.05, 3.63) is 24.3 Å². The van der Waals surface area contributed by atoms with Gasteiger partial charge in [0.25, 0.3) is 0 Å². The Hall–Kier alpha value is -0.520. The lowest BCUT2D eigenvalue weighted by Gasteiger charge is -2.36. The fourth-order valence-electron chi connectivity index (χ4n) is 4.16. The molecule has 0 aliphatic heterocycles. The van der Waals surface area contributed by atoms with E-state index >= 15 is 0 Å². The molecule has 2 saturated carbocycles. The van der Waals surface area contributed by atoms with E-state index in [0.29, 0.717) is 0 Å². The molecular weight excluding hydrogens is 228 g/mol. The first-order valence-corrected chi connectivity index (χ1v) is 8.09. The maximum atomic E-state index is 2.43. The average molecular weight is 267 g/mol. The van der Waals surface area contributed by atoms with Crippen molar-refractivity contribution in [2.24, 2.45) is 23.7 Å². The number of allylic oxidation sites excluding steroid dienone is 4. The summed E-state index contributed by atoms with van der Waals surface area (Å²) in [5.74, 6) is 3.90. The second-order valence-corrected chi connectivity index (χ2v) is 6.40. The Morgan fingerprint density at radius 3 is 1.21 bits per heavy atom. The molecule has 0 heteroatoms. The van der Waals surface area contributed by atoms with Gasteiger partial charge in [0.05, 0.1) is 0 Å². The van der Waals surface area contributed by atoms with E-state index in [1.54, 1.807) is 0 Å². The molecule has 114 valence electrons. The van der Waals surface area contributed by atoms with Crippen molar-refractivity contribution in [1.29, 1.82) is 0 Å². The zero-order chi connectivity index (χ0) is 12.8. The maximum Gasteiger partial charge on any atom is 0 e. The Bertz CT molecular complexity index is 250. The molecule has 0 spiro atoms. The van der Waals surface area contributed by atoms with Crippen LogP contribution in [0.25, 0.3) is 0 Å². The summed E-state index contributed by atoms with van der Waals surface area (Å²) in [5.41, 5.74) is 0. The molecule has 0 bridgehead atoms. The molecular formula is C19H38. The van der Waals surface area contributed by atoms with Crippen LogP contribution in [0.15, 0.2) is 24.3 Å². The first kappa shape index (κ1) is 16.5. The molecule has 0 saturated heterocycles. The van der Waals surface area contributed by atoms with E-state index in [1.807, 2.05) is 0 Å². The summed E-state index contributed by atoms with van der Waals surface area (Å²) in [5, 5.41) is 0. The maximum absolute atomic E-state index is 2.43. The van der Waals surface area contributed by atoms with Crippen LogP contribution < -0.4 is 0 Å². The van der Waals surface area contributed by atoms with Gasteiger partial charge in [0.2, 0.25) is 0 Å². The summed E-state index contributed by atoms with van der Waals surface area (Å²) >= 11 is 0. The molecule has 0 heterocycles. The molecule has 0 radical (unpaired) electrons. The van der Waals surface area contributed by atoms with Gasteiger partial charge in [-0.2, -0.15) is 0 Å². The SMILES string of the molecule is C.C/C=C/C1CCC(C2CCC(/C=C/C)CC2)CC1.[HH].[HH]. The van der Waals surface area contributed by atoms with Crippen LogP contribution in [-0.2, 0) is 0 Å². The van der Waals surface area contributed by atoms with Crippen LogP contribution in [0, 0.1) is 23.7 Å². The highest BCUT2D eigenvalue weighted by atomic mass is 14.3. The molecule has 2 rings (SSSR count). The third-order valence-electron chi connectivity index (χ3n) is 5.23. The van der Waals surface area contributed by atoms with E-state index in [1.165, 1.54) is 51.4 Å². The molecule has 0 unspecified atom stereocenters. The van der Waals surface area contributed by atoms with Gasteiger partial charge in [-0.05, 0) is 88.9 Å². The van der Waals surface area contributed by atoms with Crippen LogP contribution in [0.2, 0.25) is 0 Å². The largest absolute Gasteiger partial charge is 0.0914 e. The Morgan fingerprint density at radius 2 is 0.947 bits per heavy atom. The number of hydrogen-bond donors (Lipinski definition) is 0. The minimum Gasteiger partial charge on any atom is -0.0914 e. The van der Waals surface area contributed by atoms with E-state index in [-0.39, 0.29) is 10.3 Å². The van der Waals surface area contributed by atoms with Gasteiger partial charge in [-0.25, -0.2) is 0 Å². The minimum absolute atomic E-state index is 0. The molecule has 19 heavy (non-hydrogen) atoms. The van der Waals surface area contributed by atoms with Crippen LogP contribution in [0.1, 0.15) is 75.5 Å². The van der Waals surface area contributed by atoms with Gasteiger partial charge in [-0.1, -0.05) is 31.7 Å². The zero-order valence-electron chi connectivity index (χ0n) is 12.3. The third-order valence-corrected chi connectivity index (χ3v) is 5.23. The van der Waals surface area contributed by atoms with Gasteiger partial charge in [0.1, 0.15) is 0 Å². The molecule has 2 aliphatic rings. The van der Waals surface area contributed by atoms with Crippen molar-refractivity contribution in [3.63, 3.8) is 0 Å². The quantitative estimate of drug-likeness (QED) is 0.488. The lowest BCUT2D eigenvalue weighted by molar-refractivity contribution is 0.166. The van der Waals surface area contributed by atoms with Crippen molar-refractivity contribution >= 4 is 0 Å². The average Bonchev–Trinajstić information content (AvgIpc) is 2.41. The summed E-state index contributed by atoms with van der Waals surface area (Å²) < 4.78 is 0. The van der Waals surface area contributed by atoms with Gasteiger partial charge in [0.15, 0.2) is 0 Å². The van der Waals surface area contributed by atoms with E-state index in [4.69, 9.17) is 0 Å². The topological polar surface area (TPSA) is 0 Å². The van der Waals surface area contributed by atoms with Crippen molar-refractivity contribution in [1.82, 2.24) is 0 Å². The van der Waals surface area contributed by atoms with Crippen molar-refractivity contribution in [2.75, 3.05) is 0 Å². The normalized spacial score (nSPS) is 36.5. The van der Waals surface area contributed by atoms with Gasteiger partial charge in [-0.3, -0.25) is 0 Å². The summed E-state index contributed by atoms with van der Waals surface area (Å²) in [4.78, 5) is 0. The fourth-order valence-corrected chi connectivity index (χ4v) is 4.16. The molecule has 0 atom stereocenters. The molecule has 0 nitrogen and oxygen atoms in total. The number of rotatable bonds is 3. The van der Waals surface area contributed by atoms with E-state index in [9.17, 15) is 0 Å². The molecule has 0 aromatic heterocycles. The summed E-state index contributed by atoms with van der Waals surface area (Å²) in [6.45, 7) is 4.32. The van der Waals surface area contributed by atoms with Gasteiger partial charge < -0.3 is 0 Å². The molecule has 2 aliphatic carbocycles. The van der Waals surface area contributed by atoms with Gasteiger partial charge in [-0.15, -0.1) is 0 Å². The summed E-state index contributed by atoms with van der Waals surface area (Å²) in [6, 6.07) is 0. The Morgan fingerprint density at radius 1 is 0.632 bits per heavy atom. The monoisotopic (exact) mass is 266 g/mol. The van der Waals surface area contributed by atoms with Crippen molar-refractivity contribution in [2.45, 2.75) is 72.6 Å². The predicted molar refractivity (Wildman–Crippen MR) is 91.5 cm³/mol. The van der Waals surface area contributed by atoms with Crippen LogP contribution in [-0.4, -0.2) is 0 Å². The lowest BCUT2D eigenvalue weighted by Crippen LogP contribution is -2.25. The van der Waals surface area contributed by atoms with E-state index in [0.717, 1.165) is 23.7 Å².